The average Bonchev–Trinajstić information content (AvgIpc) is 3.00. The molecule has 2 aromatic carbocycles. The van der Waals surface area contributed by atoms with E-state index in [-0.39, 0.29) is 35.6 Å². The van der Waals surface area contributed by atoms with Gasteiger partial charge in [0, 0.05) is 18.0 Å². The molecule has 5 atom stereocenters. The standard InChI is InChI=1S/C24H24N2O2/c1-14-9-11-15(12-10-14)26-23(27)20-19-16-6-2-3-7-17(16)22(21(20)24(26)28)25-13-5-4-8-18(19)25/h2-3,6-7,9-12,18-22H,4-5,8,13H2,1H3. The van der Waals surface area contributed by atoms with Gasteiger partial charge in [-0.1, -0.05) is 48.4 Å². The summed E-state index contributed by atoms with van der Waals surface area (Å²) in [6.07, 6.45) is 3.53. The van der Waals surface area contributed by atoms with Crippen LogP contribution in [0.15, 0.2) is 48.5 Å². The fourth-order valence-corrected chi connectivity index (χ4v) is 6.38. The predicted molar refractivity (Wildman–Crippen MR) is 107 cm³/mol. The molecule has 4 heteroatoms. The van der Waals surface area contributed by atoms with Crippen LogP contribution in [-0.2, 0) is 9.59 Å². The van der Waals surface area contributed by atoms with Crippen LogP contribution in [0, 0.1) is 18.8 Å². The first-order chi connectivity index (χ1) is 13.7. The molecule has 0 N–H and O–H groups in total. The number of anilines is 1. The molecule has 7 rings (SSSR count). The van der Waals surface area contributed by atoms with Gasteiger partial charge in [-0.15, -0.1) is 0 Å². The first-order valence-corrected chi connectivity index (χ1v) is 10.5. The summed E-state index contributed by atoms with van der Waals surface area (Å²) in [6, 6.07) is 16.7. The van der Waals surface area contributed by atoms with Crippen LogP contribution in [0.2, 0.25) is 0 Å². The maximum atomic E-state index is 13.6. The third kappa shape index (κ3) is 1.99. The van der Waals surface area contributed by atoms with Crippen molar-refractivity contribution in [2.45, 2.75) is 44.2 Å². The Morgan fingerprint density at radius 1 is 0.821 bits per heavy atom. The molecular weight excluding hydrogens is 348 g/mol. The summed E-state index contributed by atoms with van der Waals surface area (Å²) in [4.78, 5) is 31.2. The van der Waals surface area contributed by atoms with Crippen LogP contribution in [-0.4, -0.2) is 29.3 Å². The molecule has 2 aromatic rings. The minimum Gasteiger partial charge on any atom is -0.292 e. The van der Waals surface area contributed by atoms with Gasteiger partial charge in [0.1, 0.15) is 0 Å². The summed E-state index contributed by atoms with van der Waals surface area (Å²) in [5.74, 6) is -0.324. The number of imide groups is 1. The average molecular weight is 372 g/mol. The molecule has 28 heavy (non-hydrogen) atoms. The molecule has 4 heterocycles. The Labute approximate surface area is 165 Å². The van der Waals surface area contributed by atoms with Crippen molar-refractivity contribution in [1.82, 2.24) is 4.90 Å². The zero-order valence-electron chi connectivity index (χ0n) is 16.0. The molecular formula is C24H24N2O2. The van der Waals surface area contributed by atoms with Gasteiger partial charge in [0.2, 0.25) is 11.8 Å². The molecule has 4 aliphatic heterocycles. The number of nitrogens with zero attached hydrogens (tertiary/aromatic N) is 2. The molecule has 3 saturated heterocycles. The number of rotatable bonds is 1. The second kappa shape index (κ2) is 5.77. The molecule has 0 saturated carbocycles. The van der Waals surface area contributed by atoms with Gasteiger partial charge in [-0.2, -0.15) is 0 Å². The molecule has 0 aromatic heterocycles. The van der Waals surface area contributed by atoms with Gasteiger partial charge in [-0.25, -0.2) is 4.90 Å². The van der Waals surface area contributed by atoms with E-state index in [2.05, 4.69) is 29.2 Å². The van der Waals surface area contributed by atoms with Crippen LogP contribution >= 0.6 is 0 Å². The second-order valence-corrected chi connectivity index (χ2v) is 8.80. The van der Waals surface area contributed by atoms with Crippen molar-refractivity contribution in [2.24, 2.45) is 11.8 Å². The number of carbonyl (C=O) groups excluding carboxylic acids is 2. The first kappa shape index (κ1) is 16.5. The van der Waals surface area contributed by atoms with Crippen molar-refractivity contribution in [3.05, 3.63) is 65.2 Å². The normalized spacial score (nSPS) is 33.6. The molecule has 2 amide bonds. The van der Waals surface area contributed by atoms with E-state index in [4.69, 9.17) is 0 Å². The zero-order chi connectivity index (χ0) is 19.0. The van der Waals surface area contributed by atoms with Crippen molar-refractivity contribution >= 4 is 17.5 Å². The first-order valence-electron chi connectivity index (χ1n) is 10.5. The maximum Gasteiger partial charge on any atom is 0.239 e. The summed E-state index contributed by atoms with van der Waals surface area (Å²) in [5.41, 5.74) is 4.43. The lowest BCUT2D eigenvalue weighted by Crippen LogP contribution is -2.59. The Kier molecular flexibility index (Phi) is 3.40. The Hall–Kier alpha value is -2.46. The van der Waals surface area contributed by atoms with Gasteiger partial charge in [0.25, 0.3) is 0 Å². The van der Waals surface area contributed by atoms with Gasteiger partial charge < -0.3 is 0 Å². The van der Waals surface area contributed by atoms with Crippen LogP contribution < -0.4 is 4.90 Å². The van der Waals surface area contributed by atoms with Crippen molar-refractivity contribution < 1.29 is 9.59 Å². The number of benzene rings is 2. The van der Waals surface area contributed by atoms with Crippen LogP contribution in [0.1, 0.15) is 47.9 Å². The van der Waals surface area contributed by atoms with Crippen LogP contribution in [0.5, 0.6) is 0 Å². The van der Waals surface area contributed by atoms with E-state index >= 15 is 0 Å². The zero-order valence-corrected chi connectivity index (χ0v) is 16.0. The van der Waals surface area contributed by atoms with E-state index in [1.54, 1.807) is 0 Å². The summed E-state index contributed by atoms with van der Waals surface area (Å²) >= 11 is 0. The topological polar surface area (TPSA) is 40.6 Å². The minimum absolute atomic E-state index is 0.00706. The quantitative estimate of drug-likeness (QED) is 0.715. The molecule has 4 nitrogen and oxygen atoms in total. The van der Waals surface area contributed by atoms with Gasteiger partial charge >= 0.3 is 0 Å². The summed E-state index contributed by atoms with van der Waals surface area (Å²) in [5, 5.41) is 0. The number of piperidine rings is 2. The summed E-state index contributed by atoms with van der Waals surface area (Å²) in [7, 11) is 0. The Morgan fingerprint density at radius 2 is 1.54 bits per heavy atom. The lowest BCUT2D eigenvalue weighted by Gasteiger charge is -2.57. The molecule has 1 aliphatic carbocycles. The highest BCUT2D eigenvalue weighted by Gasteiger charge is 2.65. The van der Waals surface area contributed by atoms with E-state index in [0.29, 0.717) is 6.04 Å². The van der Waals surface area contributed by atoms with E-state index in [1.165, 1.54) is 28.9 Å². The molecule has 5 aliphatic rings. The number of carbonyl (C=O) groups is 2. The lowest BCUT2D eigenvalue weighted by atomic mass is 9.59. The largest absolute Gasteiger partial charge is 0.292 e. The van der Waals surface area contributed by atoms with Crippen LogP contribution in [0.25, 0.3) is 0 Å². The fourth-order valence-electron chi connectivity index (χ4n) is 6.38. The minimum atomic E-state index is -0.247. The highest BCUT2D eigenvalue weighted by atomic mass is 16.2. The third-order valence-electron chi connectivity index (χ3n) is 7.45. The van der Waals surface area contributed by atoms with Crippen molar-refractivity contribution in [3.8, 4) is 0 Å². The molecule has 0 radical (unpaired) electrons. The number of amides is 2. The molecule has 5 unspecified atom stereocenters. The van der Waals surface area contributed by atoms with Crippen molar-refractivity contribution in [2.75, 3.05) is 11.4 Å². The summed E-state index contributed by atoms with van der Waals surface area (Å²) in [6.45, 7) is 3.06. The van der Waals surface area contributed by atoms with E-state index in [9.17, 15) is 9.59 Å². The van der Waals surface area contributed by atoms with Gasteiger partial charge in [0.15, 0.2) is 0 Å². The number of hydrogen-bond donors (Lipinski definition) is 0. The summed E-state index contributed by atoms with van der Waals surface area (Å²) < 4.78 is 0. The van der Waals surface area contributed by atoms with Crippen molar-refractivity contribution in [3.63, 3.8) is 0 Å². The molecule has 2 bridgehead atoms. The molecule has 0 spiro atoms. The van der Waals surface area contributed by atoms with Crippen LogP contribution in [0.4, 0.5) is 5.69 Å². The smallest absolute Gasteiger partial charge is 0.239 e. The van der Waals surface area contributed by atoms with E-state index < -0.39 is 0 Å². The Bertz CT molecular complexity index is 925. The lowest BCUT2D eigenvalue weighted by molar-refractivity contribution is -0.133. The molecule has 3 fully saturated rings. The van der Waals surface area contributed by atoms with Gasteiger partial charge in [-0.05, 0) is 49.6 Å². The van der Waals surface area contributed by atoms with E-state index in [0.717, 1.165) is 24.2 Å². The fraction of sp³-hybridized carbons (Fsp3) is 0.417. The third-order valence-corrected chi connectivity index (χ3v) is 7.45. The Morgan fingerprint density at radius 3 is 2.32 bits per heavy atom. The maximum absolute atomic E-state index is 13.6. The predicted octanol–water partition coefficient (Wildman–Crippen LogP) is 3.81. The number of aryl methyl sites for hydroxylation is 1. The van der Waals surface area contributed by atoms with Crippen molar-refractivity contribution in [1.29, 1.82) is 0 Å². The number of hydrogen-bond acceptors (Lipinski definition) is 3. The van der Waals surface area contributed by atoms with Gasteiger partial charge in [-0.3, -0.25) is 14.5 Å². The van der Waals surface area contributed by atoms with Crippen LogP contribution in [0.3, 0.4) is 0 Å². The highest BCUT2D eigenvalue weighted by Crippen LogP contribution is 2.61. The SMILES string of the molecule is Cc1ccc(N2C(=O)C3C(C2=O)C2c4ccccc4C3C3CCCCN32)cc1. The Balaban J connectivity index is 1.51. The van der Waals surface area contributed by atoms with E-state index in [1.807, 2.05) is 31.2 Å². The molecule has 142 valence electrons. The monoisotopic (exact) mass is 372 g/mol. The second-order valence-electron chi connectivity index (χ2n) is 8.80. The highest BCUT2D eigenvalue weighted by molar-refractivity contribution is 6.23. The van der Waals surface area contributed by atoms with Gasteiger partial charge in [0.05, 0.1) is 17.5 Å².